The molecule has 6 heteroatoms. The number of amides is 2. The Labute approximate surface area is 134 Å². The highest BCUT2D eigenvalue weighted by Crippen LogP contribution is 2.50. The molecule has 0 spiro atoms. The molecule has 23 heavy (non-hydrogen) atoms. The average Bonchev–Trinajstić information content (AvgIpc) is 3.31. The van der Waals surface area contributed by atoms with E-state index in [4.69, 9.17) is 0 Å². The molecular weight excluding hydrogens is 299 g/mol. The Hall–Kier alpha value is -1.95. The maximum Gasteiger partial charge on any atom is 0.233 e. The lowest BCUT2D eigenvalue weighted by molar-refractivity contribution is -0.135. The maximum atomic E-state index is 14.1. The predicted molar refractivity (Wildman–Crippen MR) is 82.2 cm³/mol. The lowest BCUT2D eigenvalue weighted by Crippen LogP contribution is -2.43. The van der Waals surface area contributed by atoms with E-state index in [9.17, 15) is 19.1 Å². The van der Waals surface area contributed by atoms with Crippen LogP contribution >= 0.6 is 0 Å². The molecule has 1 heterocycles. The summed E-state index contributed by atoms with van der Waals surface area (Å²) in [4.78, 5) is 27.6. The number of nitrogens with zero attached hydrogens (tertiary/aromatic N) is 2. The molecule has 124 valence electrons. The molecule has 2 amide bonds. The Kier molecular flexibility index (Phi) is 4.10. The van der Waals surface area contributed by atoms with Crippen molar-refractivity contribution in [2.45, 2.75) is 31.3 Å². The summed E-state index contributed by atoms with van der Waals surface area (Å²) in [5.41, 5.74) is -0.358. The van der Waals surface area contributed by atoms with Gasteiger partial charge in [-0.2, -0.15) is 0 Å². The van der Waals surface area contributed by atoms with Gasteiger partial charge in [0, 0.05) is 38.7 Å². The van der Waals surface area contributed by atoms with E-state index in [0.717, 1.165) is 0 Å². The van der Waals surface area contributed by atoms with Gasteiger partial charge in [0.1, 0.15) is 5.82 Å². The van der Waals surface area contributed by atoms with Crippen molar-refractivity contribution in [3.63, 3.8) is 0 Å². The molecule has 0 aromatic heterocycles. The topological polar surface area (TPSA) is 60.9 Å². The highest BCUT2D eigenvalue weighted by atomic mass is 19.1. The van der Waals surface area contributed by atoms with Gasteiger partial charge in [-0.3, -0.25) is 9.59 Å². The van der Waals surface area contributed by atoms with Crippen molar-refractivity contribution in [3.8, 4) is 0 Å². The summed E-state index contributed by atoms with van der Waals surface area (Å²) in [7, 11) is 0. The molecule has 5 nitrogen and oxygen atoms in total. The van der Waals surface area contributed by atoms with Crippen LogP contribution in [0.5, 0.6) is 0 Å². The average molecular weight is 320 g/mol. The molecule has 0 bridgehead atoms. The Balaban J connectivity index is 1.80. The van der Waals surface area contributed by atoms with Gasteiger partial charge in [0.25, 0.3) is 0 Å². The summed E-state index contributed by atoms with van der Waals surface area (Å²) >= 11 is 0. The quantitative estimate of drug-likeness (QED) is 0.881. The summed E-state index contributed by atoms with van der Waals surface area (Å²) < 4.78 is 14.1. The third kappa shape index (κ3) is 2.95. The Bertz CT molecular complexity index is 630. The molecule has 1 aliphatic carbocycles. The van der Waals surface area contributed by atoms with Crippen LogP contribution in [0.4, 0.5) is 4.39 Å². The van der Waals surface area contributed by atoms with Gasteiger partial charge >= 0.3 is 0 Å². The van der Waals surface area contributed by atoms with Crippen molar-refractivity contribution in [2.24, 2.45) is 0 Å². The Morgan fingerprint density at radius 3 is 2.39 bits per heavy atom. The third-order valence-corrected chi connectivity index (χ3v) is 4.78. The van der Waals surface area contributed by atoms with Gasteiger partial charge in [0.2, 0.25) is 11.8 Å². The van der Waals surface area contributed by atoms with Crippen molar-refractivity contribution in [1.82, 2.24) is 9.80 Å². The number of aliphatic hydroxyl groups excluding tert-OH is 1. The molecule has 2 fully saturated rings. The maximum absolute atomic E-state index is 14.1. The Morgan fingerprint density at radius 2 is 1.78 bits per heavy atom. The molecule has 1 N–H and O–H groups in total. The minimum atomic E-state index is -0.795. The lowest BCUT2D eigenvalue weighted by Gasteiger charge is -2.27. The zero-order chi connectivity index (χ0) is 16.6. The van der Waals surface area contributed by atoms with E-state index in [1.807, 2.05) is 0 Å². The fraction of sp³-hybridized carbons (Fsp3) is 0.529. The first-order valence-electron chi connectivity index (χ1n) is 7.92. The van der Waals surface area contributed by atoms with Gasteiger partial charge in [-0.05, 0) is 18.9 Å². The monoisotopic (exact) mass is 320 g/mol. The van der Waals surface area contributed by atoms with Gasteiger partial charge in [0.05, 0.1) is 11.5 Å². The van der Waals surface area contributed by atoms with E-state index < -0.39 is 11.5 Å². The number of rotatable bonds is 2. The molecule has 1 saturated carbocycles. The molecular formula is C17H21FN2O3. The zero-order valence-corrected chi connectivity index (χ0v) is 13.2. The molecule has 1 aromatic carbocycles. The van der Waals surface area contributed by atoms with Crippen molar-refractivity contribution in [2.75, 3.05) is 26.2 Å². The van der Waals surface area contributed by atoms with Crippen molar-refractivity contribution in [1.29, 1.82) is 0 Å². The number of hydrogen-bond acceptors (Lipinski definition) is 3. The summed E-state index contributed by atoms with van der Waals surface area (Å²) in [6, 6.07) is 6.38. The molecule has 0 unspecified atom stereocenters. The van der Waals surface area contributed by atoms with Crippen LogP contribution < -0.4 is 0 Å². The SMILES string of the molecule is CC(=O)N1CCN(C(=O)C2(c3ccccc3F)CC2)C[C@H](O)C1. The van der Waals surface area contributed by atoms with E-state index >= 15 is 0 Å². The minimum absolute atomic E-state index is 0.117. The van der Waals surface area contributed by atoms with Gasteiger partial charge in [-0.15, -0.1) is 0 Å². The smallest absolute Gasteiger partial charge is 0.233 e. The van der Waals surface area contributed by atoms with E-state index in [1.165, 1.54) is 13.0 Å². The van der Waals surface area contributed by atoms with Crippen molar-refractivity contribution in [3.05, 3.63) is 35.6 Å². The second-order valence-electron chi connectivity index (χ2n) is 6.43. The van der Waals surface area contributed by atoms with Crippen LogP contribution in [0.2, 0.25) is 0 Å². The van der Waals surface area contributed by atoms with E-state index in [-0.39, 0.29) is 30.7 Å². The van der Waals surface area contributed by atoms with Crippen LogP contribution in [0.1, 0.15) is 25.3 Å². The number of β-amino-alcohol motifs (C(OH)–C–C–N with tert-alkyl or cyclic N) is 1. The first-order valence-corrected chi connectivity index (χ1v) is 7.92. The van der Waals surface area contributed by atoms with E-state index in [0.29, 0.717) is 31.5 Å². The van der Waals surface area contributed by atoms with Crippen LogP contribution in [0.3, 0.4) is 0 Å². The first kappa shape index (κ1) is 15.9. The number of benzene rings is 1. The number of aliphatic hydroxyl groups is 1. The summed E-state index contributed by atoms with van der Waals surface area (Å²) in [5, 5.41) is 10.1. The minimum Gasteiger partial charge on any atom is -0.389 e. The van der Waals surface area contributed by atoms with Gasteiger partial charge in [0.15, 0.2) is 0 Å². The highest BCUT2D eigenvalue weighted by molar-refractivity contribution is 5.91. The van der Waals surface area contributed by atoms with Crippen LogP contribution in [-0.4, -0.2) is 59.0 Å². The highest BCUT2D eigenvalue weighted by Gasteiger charge is 2.54. The van der Waals surface area contributed by atoms with E-state index in [1.54, 1.807) is 28.0 Å². The van der Waals surface area contributed by atoms with Gasteiger partial charge < -0.3 is 14.9 Å². The van der Waals surface area contributed by atoms with Crippen LogP contribution in [0, 0.1) is 5.82 Å². The van der Waals surface area contributed by atoms with Gasteiger partial charge in [-0.1, -0.05) is 18.2 Å². The van der Waals surface area contributed by atoms with Crippen LogP contribution in [0.25, 0.3) is 0 Å². The summed E-state index contributed by atoms with van der Waals surface area (Å²) in [5.74, 6) is -0.625. The standard InChI is InChI=1S/C17H21FN2O3/c1-12(21)19-8-9-20(11-13(22)10-19)16(23)17(6-7-17)14-4-2-3-5-15(14)18/h2-5,13,22H,6-11H2,1H3/t13-/m1/s1. The number of hydrogen-bond donors (Lipinski definition) is 1. The Morgan fingerprint density at radius 1 is 1.17 bits per heavy atom. The molecule has 1 aromatic rings. The molecule has 2 aliphatic rings. The van der Waals surface area contributed by atoms with Crippen LogP contribution in [0.15, 0.2) is 24.3 Å². The first-order chi connectivity index (χ1) is 10.9. The second-order valence-corrected chi connectivity index (χ2v) is 6.43. The number of carbonyl (C=O) groups is 2. The van der Waals surface area contributed by atoms with Crippen LogP contribution in [-0.2, 0) is 15.0 Å². The van der Waals surface area contributed by atoms with E-state index in [2.05, 4.69) is 0 Å². The fourth-order valence-electron chi connectivity index (χ4n) is 3.34. The second kappa shape index (κ2) is 5.92. The molecule has 1 aliphatic heterocycles. The lowest BCUT2D eigenvalue weighted by atomic mass is 9.93. The molecule has 0 radical (unpaired) electrons. The number of halogens is 1. The fourth-order valence-corrected chi connectivity index (χ4v) is 3.34. The summed E-state index contributed by atoms with van der Waals surface area (Å²) in [6.45, 7) is 2.62. The predicted octanol–water partition coefficient (Wildman–Crippen LogP) is 0.909. The molecule has 1 atom stereocenters. The third-order valence-electron chi connectivity index (χ3n) is 4.78. The largest absolute Gasteiger partial charge is 0.389 e. The molecule has 1 saturated heterocycles. The summed E-state index contributed by atoms with van der Waals surface area (Å²) in [6.07, 6.45) is 0.465. The molecule has 3 rings (SSSR count). The van der Waals surface area contributed by atoms with Crippen molar-refractivity contribution >= 4 is 11.8 Å². The normalized spacial score (nSPS) is 23.3. The van der Waals surface area contributed by atoms with Crippen molar-refractivity contribution < 1.29 is 19.1 Å². The zero-order valence-electron chi connectivity index (χ0n) is 13.2. The number of carbonyl (C=O) groups excluding carboxylic acids is 2. The van der Waals surface area contributed by atoms with Gasteiger partial charge in [-0.25, -0.2) is 4.39 Å².